The van der Waals surface area contributed by atoms with Gasteiger partial charge < -0.3 is 9.47 Å². The number of benzene rings is 2. The quantitative estimate of drug-likeness (QED) is 0.247. The number of para-hydroxylation sites is 2. The minimum absolute atomic E-state index is 0.0580. The van der Waals surface area contributed by atoms with Crippen molar-refractivity contribution in [3.8, 4) is 16.5 Å². The van der Waals surface area contributed by atoms with E-state index in [1.165, 1.54) is 17.4 Å². The van der Waals surface area contributed by atoms with E-state index in [-0.39, 0.29) is 17.9 Å². The summed E-state index contributed by atoms with van der Waals surface area (Å²) in [4.78, 5) is 33.0. The fourth-order valence-electron chi connectivity index (χ4n) is 4.78. The molecule has 0 radical (unpaired) electrons. The summed E-state index contributed by atoms with van der Waals surface area (Å²) >= 11 is 1.41. The lowest BCUT2D eigenvalue weighted by Gasteiger charge is -2.38. The first-order chi connectivity index (χ1) is 19.0. The molecular weight excluding hydrogens is 506 g/mol. The fraction of sp³-hybridized carbons (Fsp3) is 0.290. The summed E-state index contributed by atoms with van der Waals surface area (Å²) < 4.78 is 2.15. The molecular formula is C31H33N5O2S. The third kappa shape index (κ3) is 6.10. The van der Waals surface area contributed by atoms with Gasteiger partial charge in [0.15, 0.2) is 0 Å². The number of amides is 2. The van der Waals surface area contributed by atoms with E-state index in [4.69, 9.17) is 10.2 Å². The number of carbonyl (C=O) groups excluding carboxylic acids is 2. The van der Waals surface area contributed by atoms with Crippen LogP contribution in [0.3, 0.4) is 0 Å². The molecule has 200 valence electrons. The zero-order chi connectivity index (χ0) is 27.9. The molecule has 0 saturated heterocycles. The molecule has 0 unspecified atom stereocenters. The number of hydrogen-bond acceptors (Lipinski definition) is 5. The highest BCUT2D eigenvalue weighted by atomic mass is 32.1. The van der Waals surface area contributed by atoms with E-state index in [0.717, 1.165) is 40.7 Å². The van der Waals surface area contributed by atoms with E-state index < -0.39 is 0 Å². The van der Waals surface area contributed by atoms with Crippen molar-refractivity contribution in [2.75, 3.05) is 18.9 Å². The highest BCUT2D eigenvalue weighted by molar-refractivity contribution is 7.17. The van der Waals surface area contributed by atoms with Gasteiger partial charge in [0.1, 0.15) is 0 Å². The molecule has 1 fully saturated rings. The number of nitrogens with one attached hydrogen (secondary N) is 1. The summed E-state index contributed by atoms with van der Waals surface area (Å²) in [6.45, 7) is 8.25. The number of anilines is 1. The summed E-state index contributed by atoms with van der Waals surface area (Å²) in [6, 6.07) is 21.4. The first kappa shape index (κ1) is 27.8. The lowest BCUT2D eigenvalue weighted by atomic mass is 9.78. The van der Waals surface area contributed by atoms with Crippen LogP contribution in [0.25, 0.3) is 21.5 Å². The molecule has 2 aromatic heterocycles. The van der Waals surface area contributed by atoms with Crippen LogP contribution in [0.15, 0.2) is 73.3 Å². The van der Waals surface area contributed by atoms with Crippen molar-refractivity contribution in [3.63, 3.8) is 0 Å². The summed E-state index contributed by atoms with van der Waals surface area (Å²) in [5, 5.41) is 12.1. The molecule has 2 heterocycles. The molecule has 7 nitrogen and oxygen atoms in total. The Morgan fingerprint density at radius 3 is 2.56 bits per heavy atom. The van der Waals surface area contributed by atoms with Gasteiger partial charge in [-0.3, -0.25) is 14.9 Å². The van der Waals surface area contributed by atoms with Gasteiger partial charge in [0.25, 0.3) is 5.91 Å². The second-order valence-corrected chi connectivity index (χ2v) is 10.4. The smallest absolute Gasteiger partial charge is 0.268 e. The second-order valence-electron chi connectivity index (χ2n) is 9.35. The Hall–Kier alpha value is -4.22. The van der Waals surface area contributed by atoms with Crippen LogP contribution in [-0.2, 0) is 4.79 Å². The van der Waals surface area contributed by atoms with Crippen LogP contribution in [0.1, 0.15) is 54.4 Å². The molecule has 5 rings (SSSR count). The first-order valence-electron chi connectivity index (χ1n) is 13.2. The summed E-state index contributed by atoms with van der Waals surface area (Å²) in [5.74, 6) is 0.822. The van der Waals surface area contributed by atoms with E-state index in [2.05, 4.69) is 22.5 Å². The highest BCUT2D eigenvalue weighted by Crippen LogP contribution is 2.43. The first-order valence-corrected chi connectivity index (χ1v) is 14.0. The molecule has 2 amide bonds. The Kier molecular flexibility index (Phi) is 8.95. The molecule has 0 bridgehead atoms. The zero-order valence-electron chi connectivity index (χ0n) is 22.6. The SMILES string of the molecule is C=CC(=O)N(C)CCC1CC(n2c(NC(=O)c3ccc(-c4ccc(C#N)cc4)s3)nc3ccccc32)C1.CC. The number of fused-ring (bicyclic) bond motifs is 1. The number of nitriles is 1. The topological polar surface area (TPSA) is 91.0 Å². The number of imidazole rings is 1. The third-order valence-electron chi connectivity index (χ3n) is 6.95. The standard InChI is InChI=1S/C29H27N5O2S.C2H6/c1-3-27(35)33(2)15-14-20-16-22(17-20)34-24-7-5-4-6-23(24)31-29(34)32-28(36)26-13-12-25(37-26)21-10-8-19(18-30)9-11-21;1-2/h3-13,20,22H,1,14-17H2,2H3,(H,31,32,36);1-2H3. The minimum atomic E-state index is -0.193. The van der Waals surface area contributed by atoms with Crippen LogP contribution in [0.4, 0.5) is 5.95 Å². The lowest BCUT2D eigenvalue weighted by Crippen LogP contribution is -2.33. The summed E-state index contributed by atoms with van der Waals surface area (Å²) in [5.41, 5.74) is 3.43. The number of carbonyl (C=O) groups is 2. The Balaban J connectivity index is 0.00000172. The number of nitrogens with zero attached hydrogens (tertiary/aromatic N) is 4. The average molecular weight is 540 g/mol. The van der Waals surface area contributed by atoms with Crippen LogP contribution < -0.4 is 5.32 Å². The normalized spacial score (nSPS) is 15.8. The molecule has 39 heavy (non-hydrogen) atoms. The van der Waals surface area contributed by atoms with Gasteiger partial charge >= 0.3 is 0 Å². The number of likely N-dealkylation sites (N-methyl/N-ethyl adjacent to an activating group) is 1. The maximum atomic E-state index is 13.2. The second kappa shape index (κ2) is 12.5. The monoisotopic (exact) mass is 539 g/mol. The Morgan fingerprint density at radius 1 is 1.15 bits per heavy atom. The van der Waals surface area contributed by atoms with Crippen LogP contribution in [-0.4, -0.2) is 39.9 Å². The minimum Gasteiger partial charge on any atom is -0.342 e. The molecule has 1 aliphatic rings. The number of thiophene rings is 1. The lowest BCUT2D eigenvalue weighted by molar-refractivity contribution is -0.125. The maximum absolute atomic E-state index is 13.2. The van der Waals surface area contributed by atoms with Crippen molar-refractivity contribution < 1.29 is 9.59 Å². The zero-order valence-corrected chi connectivity index (χ0v) is 23.4. The van der Waals surface area contributed by atoms with Gasteiger partial charge in [0.05, 0.1) is 27.5 Å². The molecule has 1 N–H and O–H groups in total. The van der Waals surface area contributed by atoms with Crippen molar-refractivity contribution in [1.82, 2.24) is 14.5 Å². The summed E-state index contributed by atoms with van der Waals surface area (Å²) in [7, 11) is 1.80. The van der Waals surface area contributed by atoms with Gasteiger partial charge in [-0.05, 0) is 73.2 Å². The number of hydrogen-bond donors (Lipinski definition) is 1. The van der Waals surface area contributed by atoms with E-state index in [1.54, 1.807) is 24.1 Å². The van der Waals surface area contributed by atoms with E-state index >= 15 is 0 Å². The van der Waals surface area contributed by atoms with Gasteiger partial charge in [-0.1, -0.05) is 44.7 Å². The Labute approximate surface area is 233 Å². The fourth-order valence-corrected chi connectivity index (χ4v) is 5.69. The van der Waals surface area contributed by atoms with E-state index in [1.807, 2.05) is 62.4 Å². The van der Waals surface area contributed by atoms with Gasteiger partial charge in [-0.2, -0.15) is 5.26 Å². The predicted molar refractivity (Wildman–Crippen MR) is 158 cm³/mol. The molecule has 2 aromatic carbocycles. The average Bonchev–Trinajstić information content (AvgIpc) is 3.58. The van der Waals surface area contributed by atoms with Crippen molar-refractivity contribution in [1.29, 1.82) is 5.26 Å². The molecule has 0 aliphatic heterocycles. The molecule has 1 saturated carbocycles. The van der Waals surface area contributed by atoms with Gasteiger partial charge in [0, 0.05) is 24.5 Å². The van der Waals surface area contributed by atoms with E-state index in [9.17, 15) is 9.59 Å². The van der Waals surface area contributed by atoms with E-state index in [0.29, 0.717) is 28.9 Å². The van der Waals surface area contributed by atoms with Crippen LogP contribution >= 0.6 is 11.3 Å². The molecule has 0 spiro atoms. The number of aromatic nitrogens is 2. The van der Waals surface area contributed by atoms with Crippen LogP contribution in [0.2, 0.25) is 0 Å². The van der Waals surface area contributed by atoms with Crippen LogP contribution in [0.5, 0.6) is 0 Å². The van der Waals surface area contributed by atoms with Crippen molar-refractivity contribution >= 4 is 40.1 Å². The summed E-state index contributed by atoms with van der Waals surface area (Å²) in [6.07, 6.45) is 4.23. The van der Waals surface area contributed by atoms with Crippen molar-refractivity contribution in [2.45, 2.75) is 39.2 Å². The van der Waals surface area contributed by atoms with Gasteiger partial charge in [0.2, 0.25) is 11.9 Å². The largest absolute Gasteiger partial charge is 0.342 e. The maximum Gasteiger partial charge on any atom is 0.268 e. The van der Waals surface area contributed by atoms with Crippen molar-refractivity contribution in [2.24, 2.45) is 5.92 Å². The van der Waals surface area contributed by atoms with Gasteiger partial charge in [-0.15, -0.1) is 11.3 Å². The Morgan fingerprint density at radius 2 is 1.87 bits per heavy atom. The molecule has 8 heteroatoms. The molecule has 4 aromatic rings. The molecule has 1 aliphatic carbocycles. The van der Waals surface area contributed by atoms with Gasteiger partial charge in [-0.25, -0.2) is 4.98 Å². The Bertz CT molecular complexity index is 1510. The molecule has 0 atom stereocenters. The van der Waals surface area contributed by atoms with Crippen molar-refractivity contribution in [3.05, 3.63) is 83.8 Å². The predicted octanol–water partition coefficient (Wildman–Crippen LogP) is 6.90. The van der Waals surface area contributed by atoms with Crippen LogP contribution in [0, 0.1) is 17.2 Å². The highest BCUT2D eigenvalue weighted by Gasteiger charge is 2.33. The third-order valence-corrected chi connectivity index (χ3v) is 8.08. The number of rotatable bonds is 8.